The summed E-state index contributed by atoms with van der Waals surface area (Å²) in [5.74, 6) is 5.67. The Bertz CT molecular complexity index is 1480. The van der Waals surface area contributed by atoms with Crippen molar-refractivity contribution >= 4 is 11.7 Å². The van der Waals surface area contributed by atoms with Crippen LogP contribution in [0.5, 0.6) is 0 Å². The van der Waals surface area contributed by atoms with E-state index in [0.717, 1.165) is 33.6 Å². The maximum absolute atomic E-state index is 13.1. The van der Waals surface area contributed by atoms with Gasteiger partial charge in [0.25, 0.3) is 5.91 Å². The zero-order chi connectivity index (χ0) is 24.4. The zero-order valence-corrected chi connectivity index (χ0v) is 19.6. The molecule has 0 radical (unpaired) electrons. The minimum atomic E-state index is -0.609. The van der Waals surface area contributed by atoms with E-state index in [1.165, 1.54) is 6.20 Å². The molecule has 2 N–H and O–H groups in total. The number of nitrogens with two attached hydrogens (primary N) is 1. The molecule has 1 amide bonds. The van der Waals surface area contributed by atoms with Crippen molar-refractivity contribution in [2.75, 3.05) is 0 Å². The fourth-order valence-corrected chi connectivity index (χ4v) is 3.76. The number of primary amides is 1. The molecule has 4 aromatic rings. The number of Topliss-reactive ketones (excluding diaryl/α,β-unsaturated/α-hetero) is 1. The third-order valence-electron chi connectivity index (χ3n) is 5.59. The predicted octanol–water partition coefficient (Wildman–Crippen LogP) is 3.46. The van der Waals surface area contributed by atoms with Gasteiger partial charge in [0, 0.05) is 36.5 Å². The first-order chi connectivity index (χ1) is 16.2. The molecule has 2 aromatic heterocycles. The lowest BCUT2D eigenvalue weighted by atomic mass is 9.98. The Kier molecular flexibility index (Phi) is 6.15. The van der Waals surface area contributed by atoms with Gasteiger partial charge in [0.2, 0.25) is 0 Å². The predicted molar refractivity (Wildman–Crippen MR) is 130 cm³/mol. The Morgan fingerprint density at radius 2 is 1.82 bits per heavy atom. The van der Waals surface area contributed by atoms with Gasteiger partial charge in [0.05, 0.1) is 18.2 Å². The molecule has 0 bridgehead atoms. The molecule has 0 aliphatic carbocycles. The SMILES string of the molecule is Cc1cc(CC(=O)c2ccc(C)c(C#Cc3cnc(C(N)=O)n3C)c2)cc(-n2cnc(C)c2)c1. The Morgan fingerprint density at radius 3 is 2.50 bits per heavy atom. The maximum atomic E-state index is 13.1. The third kappa shape index (κ3) is 4.81. The number of ketones is 1. The summed E-state index contributed by atoms with van der Waals surface area (Å²) in [6, 6.07) is 11.6. The van der Waals surface area contributed by atoms with Crippen molar-refractivity contribution < 1.29 is 9.59 Å². The summed E-state index contributed by atoms with van der Waals surface area (Å²) >= 11 is 0. The van der Waals surface area contributed by atoms with Crippen LogP contribution >= 0.6 is 0 Å². The van der Waals surface area contributed by atoms with Crippen LogP contribution in [0, 0.1) is 32.6 Å². The van der Waals surface area contributed by atoms with E-state index >= 15 is 0 Å². The standard InChI is InChI=1S/C27H25N5O2/c1-17-9-20(11-24(10-17)32-15-19(3)30-16-32)12-25(33)22-6-5-18(2)21(13-22)7-8-23-14-29-27(26(28)34)31(23)4/h5-6,9-11,13-16H,12H2,1-4H3,(H2,28,34). The molecule has 7 heteroatoms. The van der Waals surface area contributed by atoms with Crippen molar-refractivity contribution in [3.05, 3.63) is 100 Å². The molecular weight excluding hydrogens is 426 g/mol. The van der Waals surface area contributed by atoms with Gasteiger partial charge in [0.1, 0.15) is 5.69 Å². The summed E-state index contributed by atoms with van der Waals surface area (Å²) in [7, 11) is 1.69. The molecule has 0 saturated carbocycles. The van der Waals surface area contributed by atoms with Crippen LogP contribution in [-0.2, 0) is 13.5 Å². The number of benzene rings is 2. The van der Waals surface area contributed by atoms with Gasteiger partial charge in [-0.3, -0.25) is 9.59 Å². The lowest BCUT2D eigenvalue weighted by molar-refractivity contribution is 0.0981. The van der Waals surface area contributed by atoms with Crippen molar-refractivity contribution in [3.8, 4) is 17.5 Å². The topological polar surface area (TPSA) is 95.8 Å². The first-order valence-corrected chi connectivity index (χ1v) is 10.8. The van der Waals surface area contributed by atoms with Crippen LogP contribution in [0.3, 0.4) is 0 Å². The number of carbonyl (C=O) groups is 2. The van der Waals surface area contributed by atoms with Gasteiger partial charge < -0.3 is 14.9 Å². The van der Waals surface area contributed by atoms with E-state index in [1.54, 1.807) is 17.9 Å². The Morgan fingerprint density at radius 1 is 1.03 bits per heavy atom. The fourth-order valence-electron chi connectivity index (χ4n) is 3.76. The van der Waals surface area contributed by atoms with Crippen molar-refractivity contribution in [1.82, 2.24) is 19.1 Å². The molecular formula is C27H25N5O2. The van der Waals surface area contributed by atoms with Gasteiger partial charge in [0.15, 0.2) is 11.6 Å². The fraction of sp³-hybridized carbons (Fsp3) is 0.185. The van der Waals surface area contributed by atoms with Gasteiger partial charge in [-0.15, -0.1) is 0 Å². The highest BCUT2D eigenvalue weighted by Crippen LogP contribution is 2.18. The van der Waals surface area contributed by atoms with E-state index < -0.39 is 5.91 Å². The van der Waals surface area contributed by atoms with Crippen LogP contribution in [0.1, 0.15) is 54.6 Å². The van der Waals surface area contributed by atoms with Crippen LogP contribution in [0.15, 0.2) is 55.1 Å². The summed E-state index contributed by atoms with van der Waals surface area (Å²) < 4.78 is 3.51. The number of nitrogens with zero attached hydrogens (tertiary/aromatic N) is 4. The molecule has 170 valence electrons. The molecule has 34 heavy (non-hydrogen) atoms. The normalized spacial score (nSPS) is 10.6. The number of hydrogen-bond donors (Lipinski definition) is 1. The van der Waals surface area contributed by atoms with E-state index in [4.69, 9.17) is 5.73 Å². The van der Waals surface area contributed by atoms with Crippen molar-refractivity contribution in [2.45, 2.75) is 27.2 Å². The zero-order valence-electron chi connectivity index (χ0n) is 19.6. The molecule has 0 saturated heterocycles. The highest BCUT2D eigenvalue weighted by molar-refractivity contribution is 5.98. The molecule has 4 rings (SSSR count). The minimum absolute atomic E-state index is 0.0120. The van der Waals surface area contributed by atoms with Gasteiger partial charge in [-0.05, 0) is 61.6 Å². The summed E-state index contributed by atoms with van der Waals surface area (Å²) in [5.41, 5.74) is 12.1. The van der Waals surface area contributed by atoms with Gasteiger partial charge in [-0.1, -0.05) is 24.1 Å². The monoisotopic (exact) mass is 451 g/mol. The van der Waals surface area contributed by atoms with Crippen molar-refractivity contribution in [1.29, 1.82) is 0 Å². The molecule has 0 aliphatic rings. The third-order valence-corrected chi connectivity index (χ3v) is 5.59. The molecule has 0 fully saturated rings. The first-order valence-electron chi connectivity index (χ1n) is 10.8. The number of aryl methyl sites for hydroxylation is 3. The van der Waals surface area contributed by atoms with Crippen LogP contribution in [-0.4, -0.2) is 30.8 Å². The number of rotatable bonds is 5. The number of imidazole rings is 2. The largest absolute Gasteiger partial charge is 0.363 e. The van der Waals surface area contributed by atoms with Gasteiger partial charge in [-0.2, -0.15) is 0 Å². The van der Waals surface area contributed by atoms with Crippen LogP contribution in [0.2, 0.25) is 0 Å². The average Bonchev–Trinajstić information content (AvgIpc) is 3.38. The number of aromatic nitrogens is 4. The maximum Gasteiger partial charge on any atom is 0.284 e. The van der Waals surface area contributed by atoms with Crippen LogP contribution in [0.25, 0.3) is 5.69 Å². The molecule has 0 unspecified atom stereocenters. The van der Waals surface area contributed by atoms with Gasteiger partial charge >= 0.3 is 0 Å². The Labute approximate surface area is 198 Å². The average molecular weight is 452 g/mol. The molecule has 7 nitrogen and oxygen atoms in total. The second-order valence-electron chi connectivity index (χ2n) is 8.37. The number of hydrogen-bond acceptors (Lipinski definition) is 4. The summed E-state index contributed by atoms with van der Waals surface area (Å²) in [6.45, 7) is 5.90. The Hall–Kier alpha value is -4.44. The molecule has 0 spiro atoms. The first kappa shape index (κ1) is 22.7. The molecule has 0 aliphatic heterocycles. The number of amides is 1. The van der Waals surface area contributed by atoms with Gasteiger partial charge in [-0.25, -0.2) is 9.97 Å². The van der Waals surface area contributed by atoms with E-state index in [1.807, 2.05) is 61.9 Å². The summed E-state index contributed by atoms with van der Waals surface area (Å²) in [5, 5.41) is 0. The summed E-state index contributed by atoms with van der Waals surface area (Å²) in [4.78, 5) is 32.8. The highest BCUT2D eigenvalue weighted by Gasteiger charge is 2.12. The number of carbonyl (C=O) groups excluding carboxylic acids is 2. The molecule has 2 heterocycles. The second kappa shape index (κ2) is 9.20. The van der Waals surface area contributed by atoms with E-state index in [9.17, 15) is 9.59 Å². The lowest BCUT2D eigenvalue weighted by Gasteiger charge is -2.09. The van der Waals surface area contributed by atoms with Crippen LogP contribution in [0.4, 0.5) is 0 Å². The van der Waals surface area contributed by atoms with E-state index in [2.05, 4.69) is 27.9 Å². The summed E-state index contributed by atoms with van der Waals surface area (Å²) in [6.07, 6.45) is 5.52. The molecule has 2 aromatic carbocycles. The minimum Gasteiger partial charge on any atom is -0.363 e. The van der Waals surface area contributed by atoms with Crippen molar-refractivity contribution in [3.63, 3.8) is 0 Å². The van der Waals surface area contributed by atoms with Crippen LogP contribution < -0.4 is 5.73 Å². The quantitative estimate of drug-likeness (QED) is 0.371. The second-order valence-corrected chi connectivity index (χ2v) is 8.37. The van der Waals surface area contributed by atoms with Crippen molar-refractivity contribution in [2.24, 2.45) is 12.8 Å². The molecule has 0 atom stereocenters. The Balaban J connectivity index is 1.59. The smallest absolute Gasteiger partial charge is 0.284 e. The van der Waals surface area contributed by atoms with E-state index in [-0.39, 0.29) is 18.0 Å². The highest BCUT2D eigenvalue weighted by atomic mass is 16.1. The van der Waals surface area contributed by atoms with E-state index in [0.29, 0.717) is 11.3 Å². The lowest BCUT2D eigenvalue weighted by Crippen LogP contribution is -2.17.